The Morgan fingerprint density at radius 3 is 2.79 bits per heavy atom. The topological polar surface area (TPSA) is 50.7 Å². The Labute approximate surface area is 122 Å². The molecule has 0 unspecified atom stereocenters. The van der Waals surface area contributed by atoms with Crippen molar-refractivity contribution in [2.24, 2.45) is 0 Å². The highest BCUT2D eigenvalue weighted by atomic mass is 79.9. The quantitative estimate of drug-likeness (QED) is 0.769. The molecule has 5 heteroatoms. The molecule has 0 amide bonds. The normalized spacial score (nSPS) is 14.5. The number of hydrogen-bond acceptors (Lipinski definition) is 4. The molecule has 1 aliphatic rings. The van der Waals surface area contributed by atoms with E-state index in [0.717, 1.165) is 16.8 Å². The second kappa shape index (κ2) is 7.12. The fraction of sp³-hybridized carbons (Fsp3) is 0.571. The molecule has 2 N–H and O–H groups in total. The Kier molecular flexibility index (Phi) is 5.48. The molecule has 1 aliphatic carbocycles. The van der Waals surface area contributed by atoms with Crippen molar-refractivity contribution >= 4 is 15.9 Å². The van der Waals surface area contributed by atoms with Crippen LogP contribution in [0.4, 0.5) is 0 Å². The van der Waals surface area contributed by atoms with Crippen molar-refractivity contribution in [3.05, 3.63) is 22.2 Å². The zero-order valence-corrected chi connectivity index (χ0v) is 12.7. The van der Waals surface area contributed by atoms with Crippen molar-refractivity contribution in [2.75, 3.05) is 19.8 Å². The lowest BCUT2D eigenvalue weighted by atomic mass is 10.2. The summed E-state index contributed by atoms with van der Waals surface area (Å²) in [6.07, 6.45) is 2.55. The largest absolute Gasteiger partial charge is 0.490 e. The Morgan fingerprint density at radius 2 is 2.16 bits per heavy atom. The summed E-state index contributed by atoms with van der Waals surface area (Å²) in [5.74, 6) is 1.38. The van der Waals surface area contributed by atoms with Gasteiger partial charge in [0.05, 0.1) is 17.7 Å². The highest BCUT2D eigenvalue weighted by molar-refractivity contribution is 9.10. The van der Waals surface area contributed by atoms with Crippen LogP contribution in [0.15, 0.2) is 16.6 Å². The zero-order chi connectivity index (χ0) is 13.7. The fourth-order valence-corrected chi connectivity index (χ4v) is 2.43. The van der Waals surface area contributed by atoms with Crippen LogP contribution in [-0.2, 0) is 6.54 Å². The van der Waals surface area contributed by atoms with Gasteiger partial charge in [0.1, 0.15) is 6.61 Å². The van der Waals surface area contributed by atoms with Crippen molar-refractivity contribution in [1.29, 1.82) is 0 Å². The van der Waals surface area contributed by atoms with E-state index < -0.39 is 0 Å². The lowest BCUT2D eigenvalue weighted by molar-refractivity contribution is 0.193. The van der Waals surface area contributed by atoms with E-state index in [1.807, 2.05) is 19.1 Å². The van der Waals surface area contributed by atoms with Crippen molar-refractivity contribution in [1.82, 2.24) is 5.32 Å². The lowest BCUT2D eigenvalue weighted by Crippen LogP contribution is -2.15. The van der Waals surface area contributed by atoms with Crippen molar-refractivity contribution in [3.63, 3.8) is 0 Å². The van der Waals surface area contributed by atoms with Gasteiger partial charge in [-0.15, -0.1) is 0 Å². The summed E-state index contributed by atoms with van der Waals surface area (Å²) in [6, 6.07) is 4.71. The summed E-state index contributed by atoms with van der Waals surface area (Å²) in [5.41, 5.74) is 1.17. The molecule has 0 aliphatic heterocycles. The van der Waals surface area contributed by atoms with Crippen LogP contribution in [0.3, 0.4) is 0 Å². The molecule has 0 bridgehead atoms. The first-order valence-corrected chi connectivity index (χ1v) is 7.46. The molecule has 1 fully saturated rings. The maximum atomic E-state index is 8.85. The van der Waals surface area contributed by atoms with Gasteiger partial charge in [0.25, 0.3) is 0 Å². The first-order chi connectivity index (χ1) is 9.24. The Bertz CT molecular complexity index is 421. The first kappa shape index (κ1) is 14.6. The van der Waals surface area contributed by atoms with E-state index in [-0.39, 0.29) is 13.2 Å². The molecule has 0 heterocycles. The summed E-state index contributed by atoms with van der Waals surface area (Å²) in [6.45, 7) is 3.62. The minimum Gasteiger partial charge on any atom is -0.490 e. The number of rotatable bonds is 8. The molecular formula is C14H20BrNO3. The third-order valence-corrected chi connectivity index (χ3v) is 3.47. The number of ether oxygens (including phenoxy) is 2. The van der Waals surface area contributed by atoms with E-state index in [1.54, 1.807) is 0 Å². The third-order valence-electron chi connectivity index (χ3n) is 2.88. The summed E-state index contributed by atoms with van der Waals surface area (Å²) in [7, 11) is 0. The number of hydrogen-bond donors (Lipinski definition) is 2. The SMILES string of the molecule is CCOc1cc(CNC2CC2)cc(Br)c1OCCO. The number of halogens is 1. The molecule has 1 aromatic rings. The Hall–Kier alpha value is -0.780. The fourth-order valence-electron chi connectivity index (χ4n) is 1.82. The van der Waals surface area contributed by atoms with Crippen LogP contribution in [-0.4, -0.2) is 31.0 Å². The minimum absolute atomic E-state index is 0.0109. The maximum absolute atomic E-state index is 8.85. The van der Waals surface area contributed by atoms with Crippen LogP contribution in [0, 0.1) is 0 Å². The minimum atomic E-state index is -0.0109. The third kappa shape index (κ3) is 4.37. The summed E-state index contributed by atoms with van der Waals surface area (Å²) >= 11 is 3.51. The molecule has 4 nitrogen and oxygen atoms in total. The van der Waals surface area contributed by atoms with Gasteiger partial charge < -0.3 is 19.9 Å². The Balaban J connectivity index is 2.12. The molecule has 1 saturated carbocycles. The average Bonchev–Trinajstić information content (AvgIpc) is 3.20. The molecule has 0 atom stereocenters. The van der Waals surface area contributed by atoms with Gasteiger partial charge in [0.2, 0.25) is 0 Å². The van der Waals surface area contributed by atoms with E-state index >= 15 is 0 Å². The van der Waals surface area contributed by atoms with E-state index in [1.165, 1.54) is 18.4 Å². The molecule has 0 radical (unpaired) electrons. The van der Waals surface area contributed by atoms with Crippen LogP contribution < -0.4 is 14.8 Å². The highest BCUT2D eigenvalue weighted by Crippen LogP contribution is 2.37. The molecular weight excluding hydrogens is 310 g/mol. The van der Waals surface area contributed by atoms with Crippen molar-refractivity contribution in [2.45, 2.75) is 32.4 Å². The second-order valence-corrected chi connectivity index (χ2v) is 5.42. The van der Waals surface area contributed by atoms with Crippen LogP contribution in [0.5, 0.6) is 11.5 Å². The smallest absolute Gasteiger partial charge is 0.175 e. The Morgan fingerprint density at radius 1 is 1.37 bits per heavy atom. The molecule has 0 saturated heterocycles. The summed E-state index contributed by atoms with van der Waals surface area (Å²) < 4.78 is 12.0. The molecule has 0 aromatic heterocycles. The summed E-state index contributed by atoms with van der Waals surface area (Å²) in [4.78, 5) is 0. The standard InChI is InChI=1S/C14H20BrNO3/c1-2-18-13-8-10(9-16-11-3-4-11)7-12(15)14(13)19-6-5-17/h7-8,11,16-17H,2-6,9H2,1H3. The van der Waals surface area contributed by atoms with Gasteiger partial charge in [-0.1, -0.05) is 0 Å². The van der Waals surface area contributed by atoms with Gasteiger partial charge in [-0.2, -0.15) is 0 Å². The predicted molar refractivity (Wildman–Crippen MR) is 77.8 cm³/mol. The van der Waals surface area contributed by atoms with Gasteiger partial charge >= 0.3 is 0 Å². The molecule has 106 valence electrons. The van der Waals surface area contributed by atoms with Crippen molar-refractivity contribution in [3.8, 4) is 11.5 Å². The van der Waals surface area contributed by atoms with E-state index in [2.05, 4.69) is 21.2 Å². The zero-order valence-electron chi connectivity index (χ0n) is 11.1. The van der Waals surface area contributed by atoms with Crippen LogP contribution in [0.1, 0.15) is 25.3 Å². The second-order valence-electron chi connectivity index (χ2n) is 4.57. The van der Waals surface area contributed by atoms with Gasteiger partial charge in [-0.05, 0) is 53.4 Å². The molecule has 1 aromatic carbocycles. The summed E-state index contributed by atoms with van der Waals surface area (Å²) in [5, 5.41) is 12.3. The monoisotopic (exact) mass is 329 g/mol. The number of aliphatic hydroxyl groups excluding tert-OH is 1. The van der Waals surface area contributed by atoms with E-state index in [0.29, 0.717) is 18.4 Å². The van der Waals surface area contributed by atoms with Gasteiger partial charge in [0.15, 0.2) is 11.5 Å². The van der Waals surface area contributed by atoms with Crippen LogP contribution in [0.25, 0.3) is 0 Å². The number of aliphatic hydroxyl groups is 1. The number of benzene rings is 1. The maximum Gasteiger partial charge on any atom is 0.175 e. The van der Waals surface area contributed by atoms with Gasteiger partial charge in [0, 0.05) is 12.6 Å². The molecule has 19 heavy (non-hydrogen) atoms. The van der Waals surface area contributed by atoms with Gasteiger partial charge in [-0.3, -0.25) is 0 Å². The highest BCUT2D eigenvalue weighted by Gasteiger charge is 2.20. The van der Waals surface area contributed by atoms with Crippen LogP contribution in [0.2, 0.25) is 0 Å². The molecule has 2 rings (SSSR count). The van der Waals surface area contributed by atoms with E-state index in [9.17, 15) is 0 Å². The van der Waals surface area contributed by atoms with Crippen LogP contribution >= 0.6 is 15.9 Å². The average molecular weight is 330 g/mol. The van der Waals surface area contributed by atoms with E-state index in [4.69, 9.17) is 14.6 Å². The molecule has 0 spiro atoms. The van der Waals surface area contributed by atoms with Crippen molar-refractivity contribution < 1.29 is 14.6 Å². The predicted octanol–water partition coefficient (Wildman–Crippen LogP) is 2.47. The lowest BCUT2D eigenvalue weighted by Gasteiger charge is -2.15. The number of nitrogens with one attached hydrogen (secondary N) is 1. The van der Waals surface area contributed by atoms with Gasteiger partial charge in [-0.25, -0.2) is 0 Å². The first-order valence-electron chi connectivity index (χ1n) is 6.66.